The van der Waals surface area contributed by atoms with E-state index in [1.165, 1.54) is 0 Å². The average Bonchev–Trinajstić information content (AvgIpc) is 2.30. The number of rotatable bonds is 5. The van der Waals surface area contributed by atoms with Crippen molar-refractivity contribution in [2.75, 3.05) is 39.4 Å². The maximum Gasteiger partial charge on any atom is 0.407 e. The van der Waals surface area contributed by atoms with Crippen molar-refractivity contribution in [2.24, 2.45) is 0 Å². The Hall–Kier alpha value is -0.810. The molecule has 1 atom stereocenters. The Morgan fingerprint density at radius 1 is 1.56 bits per heavy atom. The summed E-state index contributed by atoms with van der Waals surface area (Å²) in [6.45, 7) is 8.85. The van der Waals surface area contributed by atoms with Crippen LogP contribution >= 0.6 is 0 Å². The predicted molar refractivity (Wildman–Crippen MR) is 63.6 cm³/mol. The Kier molecular flexibility index (Phi) is 6.18. The fourth-order valence-corrected chi connectivity index (χ4v) is 1.45. The first kappa shape index (κ1) is 13.3. The van der Waals surface area contributed by atoms with E-state index in [-0.39, 0.29) is 13.6 Å². The fourth-order valence-electron chi connectivity index (χ4n) is 1.45. The van der Waals surface area contributed by atoms with Crippen LogP contribution in [0.2, 0.25) is 0 Å². The van der Waals surface area contributed by atoms with Gasteiger partial charge >= 0.3 is 6.09 Å². The molecule has 0 radical (unpaired) electrons. The van der Waals surface area contributed by atoms with Crippen LogP contribution in [0.15, 0.2) is 0 Å². The molecule has 1 N–H and O–H groups in total. The average molecular weight is 232 g/mol. The Morgan fingerprint density at radius 3 is 2.88 bits per heavy atom. The number of hydrogen-bond acceptors (Lipinski definition) is 4. The first-order valence-electron chi connectivity index (χ1n) is 5.97. The van der Waals surface area contributed by atoms with Gasteiger partial charge in [0.25, 0.3) is 0 Å². The lowest BCUT2D eigenvalue weighted by atomic mass is 10.3. The molecule has 16 heavy (non-hydrogen) atoms. The number of ether oxygens (including phenoxy) is 2. The molecule has 5 nitrogen and oxygen atoms in total. The number of morpholine rings is 1. The Labute approximate surface area is 98.6 Å². The van der Waals surface area contributed by atoms with Gasteiger partial charge in [0.15, 0.2) is 0 Å². The number of nitrogens with one attached hydrogen (secondary N) is 1. The number of amides is 1. The molecule has 1 rings (SSSR count). The van der Waals surface area contributed by atoms with Crippen molar-refractivity contribution in [3.63, 3.8) is 0 Å². The zero-order valence-electron chi connectivity index (χ0n) is 10.2. The number of alkyl carbamates (subject to hydrolysis) is 1. The molecule has 1 fully saturated rings. The molecule has 0 aromatic heterocycles. The normalized spacial score (nSPS) is 19.1. The first-order valence-corrected chi connectivity index (χ1v) is 5.97. The third-order valence-electron chi connectivity index (χ3n) is 2.68. The molecule has 0 saturated carbocycles. The van der Waals surface area contributed by atoms with Gasteiger partial charge in [-0.25, -0.2) is 4.79 Å². The van der Waals surface area contributed by atoms with Gasteiger partial charge < -0.3 is 14.8 Å². The fraction of sp³-hybridized carbons (Fsp3) is 0.909. The smallest absolute Gasteiger partial charge is 0.407 e. The number of nitrogens with zero attached hydrogens (tertiary/aromatic N) is 1. The van der Waals surface area contributed by atoms with E-state index in [0.29, 0.717) is 6.54 Å². The van der Waals surface area contributed by atoms with Crippen LogP contribution in [0.5, 0.6) is 0 Å². The predicted octanol–water partition coefficient (Wildman–Crippen LogP) is 1.09. The molecule has 1 amide bonds. The van der Waals surface area contributed by atoms with Gasteiger partial charge in [0.2, 0.25) is 0 Å². The standard InChI is InChI=1S/C11H22N2O3.H2/c1-3-10(2)16-11(14)12-4-5-13-6-8-15-9-7-13;/h10H,3-9H2,1-2H3,(H,12,14);1H. The summed E-state index contributed by atoms with van der Waals surface area (Å²) in [5.41, 5.74) is 0. The van der Waals surface area contributed by atoms with E-state index in [4.69, 9.17) is 9.47 Å². The summed E-state index contributed by atoms with van der Waals surface area (Å²) in [7, 11) is 0. The molecule has 0 spiro atoms. The van der Waals surface area contributed by atoms with Crippen molar-refractivity contribution in [1.29, 1.82) is 0 Å². The highest BCUT2D eigenvalue weighted by Crippen LogP contribution is 1.97. The minimum absolute atomic E-state index is 0. The van der Waals surface area contributed by atoms with Crippen molar-refractivity contribution >= 4 is 6.09 Å². The van der Waals surface area contributed by atoms with Gasteiger partial charge in [0.1, 0.15) is 6.10 Å². The van der Waals surface area contributed by atoms with E-state index in [0.717, 1.165) is 39.3 Å². The van der Waals surface area contributed by atoms with E-state index >= 15 is 0 Å². The second-order valence-corrected chi connectivity index (χ2v) is 4.00. The van der Waals surface area contributed by atoms with E-state index < -0.39 is 0 Å². The summed E-state index contributed by atoms with van der Waals surface area (Å²) in [6, 6.07) is 0. The maximum atomic E-state index is 11.3. The van der Waals surface area contributed by atoms with Gasteiger partial charge in [-0.15, -0.1) is 0 Å². The van der Waals surface area contributed by atoms with Crippen LogP contribution in [-0.2, 0) is 9.47 Å². The van der Waals surface area contributed by atoms with Gasteiger partial charge in [0.05, 0.1) is 13.2 Å². The molecule has 0 aromatic rings. The molecule has 1 aliphatic rings. The van der Waals surface area contributed by atoms with Gasteiger partial charge in [0, 0.05) is 27.6 Å². The molecule has 1 aliphatic heterocycles. The second kappa shape index (κ2) is 7.46. The van der Waals surface area contributed by atoms with E-state index in [1.54, 1.807) is 0 Å². The van der Waals surface area contributed by atoms with Crippen LogP contribution in [0.3, 0.4) is 0 Å². The Morgan fingerprint density at radius 2 is 2.25 bits per heavy atom. The summed E-state index contributed by atoms with van der Waals surface area (Å²) in [5, 5.41) is 2.75. The summed E-state index contributed by atoms with van der Waals surface area (Å²) < 4.78 is 10.3. The molecule has 96 valence electrons. The molecule has 1 heterocycles. The van der Waals surface area contributed by atoms with Gasteiger partial charge in [-0.3, -0.25) is 4.90 Å². The zero-order valence-corrected chi connectivity index (χ0v) is 10.2. The van der Waals surface area contributed by atoms with E-state index in [2.05, 4.69) is 10.2 Å². The monoisotopic (exact) mass is 232 g/mol. The maximum absolute atomic E-state index is 11.3. The van der Waals surface area contributed by atoms with Gasteiger partial charge in [-0.05, 0) is 13.3 Å². The highest BCUT2D eigenvalue weighted by atomic mass is 16.6. The van der Waals surface area contributed by atoms with Crippen molar-refractivity contribution in [3.05, 3.63) is 0 Å². The second-order valence-electron chi connectivity index (χ2n) is 4.00. The van der Waals surface area contributed by atoms with Crippen LogP contribution < -0.4 is 5.32 Å². The SMILES string of the molecule is CCC(C)OC(=O)NCCN1CCOCC1.[HH]. The summed E-state index contributed by atoms with van der Waals surface area (Å²) in [5.74, 6) is 0. The quantitative estimate of drug-likeness (QED) is 0.771. The summed E-state index contributed by atoms with van der Waals surface area (Å²) in [6.07, 6.45) is 0.516. The zero-order chi connectivity index (χ0) is 11.8. The minimum Gasteiger partial charge on any atom is -0.447 e. The lowest BCUT2D eigenvalue weighted by molar-refractivity contribution is 0.0379. The number of hydrogen-bond donors (Lipinski definition) is 1. The molecular weight excluding hydrogens is 208 g/mol. The van der Waals surface area contributed by atoms with Crippen molar-refractivity contribution < 1.29 is 15.7 Å². The lowest BCUT2D eigenvalue weighted by Gasteiger charge is -2.26. The van der Waals surface area contributed by atoms with Gasteiger partial charge in [-0.1, -0.05) is 6.92 Å². The third kappa shape index (κ3) is 5.32. The number of carbonyl (C=O) groups excluding carboxylic acids is 1. The summed E-state index contributed by atoms with van der Waals surface area (Å²) >= 11 is 0. The van der Waals surface area contributed by atoms with Crippen molar-refractivity contribution in [3.8, 4) is 0 Å². The Bertz CT molecular complexity index is 211. The highest BCUT2D eigenvalue weighted by molar-refractivity contribution is 5.67. The van der Waals surface area contributed by atoms with Crippen LogP contribution in [0.25, 0.3) is 0 Å². The van der Waals surface area contributed by atoms with Crippen LogP contribution in [0.4, 0.5) is 4.79 Å². The molecule has 1 saturated heterocycles. The molecule has 0 aliphatic carbocycles. The van der Waals surface area contributed by atoms with Crippen LogP contribution in [0, 0.1) is 0 Å². The first-order chi connectivity index (χ1) is 7.72. The molecule has 1 unspecified atom stereocenters. The highest BCUT2D eigenvalue weighted by Gasteiger charge is 2.11. The van der Waals surface area contributed by atoms with Gasteiger partial charge in [-0.2, -0.15) is 0 Å². The molecular formula is C11H24N2O3. The molecule has 5 heteroatoms. The van der Waals surface area contributed by atoms with E-state index in [9.17, 15) is 4.79 Å². The summed E-state index contributed by atoms with van der Waals surface area (Å²) in [4.78, 5) is 13.5. The lowest BCUT2D eigenvalue weighted by Crippen LogP contribution is -2.41. The van der Waals surface area contributed by atoms with Crippen LogP contribution in [-0.4, -0.2) is 56.5 Å². The molecule has 0 aromatic carbocycles. The largest absolute Gasteiger partial charge is 0.447 e. The van der Waals surface area contributed by atoms with Crippen molar-refractivity contribution in [1.82, 2.24) is 10.2 Å². The van der Waals surface area contributed by atoms with Crippen LogP contribution in [0.1, 0.15) is 21.7 Å². The number of carbonyl (C=O) groups is 1. The van der Waals surface area contributed by atoms with E-state index in [1.807, 2.05) is 13.8 Å². The topological polar surface area (TPSA) is 50.8 Å². The molecule has 0 bridgehead atoms. The van der Waals surface area contributed by atoms with Crippen molar-refractivity contribution in [2.45, 2.75) is 26.4 Å². The minimum atomic E-state index is -0.317. The third-order valence-corrected chi connectivity index (χ3v) is 2.68. The Balaban J connectivity index is 0.00000256.